The quantitative estimate of drug-likeness (QED) is 0.767. The molecule has 0 saturated heterocycles. The van der Waals surface area contributed by atoms with Crippen molar-refractivity contribution in [3.8, 4) is 11.3 Å². The van der Waals surface area contributed by atoms with Gasteiger partial charge >= 0.3 is 0 Å². The van der Waals surface area contributed by atoms with E-state index >= 15 is 0 Å². The number of aliphatic hydroxyl groups is 1. The van der Waals surface area contributed by atoms with Crippen molar-refractivity contribution in [3.63, 3.8) is 0 Å². The molecule has 2 aromatic rings. The van der Waals surface area contributed by atoms with Gasteiger partial charge in [-0.05, 0) is 20.1 Å². The van der Waals surface area contributed by atoms with Crippen molar-refractivity contribution < 1.29 is 14.3 Å². The number of rotatable bonds is 8. The second-order valence-electron chi connectivity index (χ2n) is 5.70. The van der Waals surface area contributed by atoms with Crippen LogP contribution in [0.4, 0.5) is 0 Å². The number of aromatic nitrogens is 1. The SMILES string of the molecule is CSC(CO)C(C)NC(=O)CCc1nc(C)c(-c2ccccc2)o1. The zero-order valence-corrected chi connectivity index (χ0v) is 15.1. The third kappa shape index (κ3) is 4.85. The van der Waals surface area contributed by atoms with E-state index in [0.717, 1.165) is 17.0 Å². The minimum Gasteiger partial charge on any atom is -0.440 e. The summed E-state index contributed by atoms with van der Waals surface area (Å²) in [6.45, 7) is 3.85. The topological polar surface area (TPSA) is 75.4 Å². The molecule has 2 N–H and O–H groups in total. The predicted molar refractivity (Wildman–Crippen MR) is 97.0 cm³/mol. The molecule has 0 saturated carbocycles. The molecule has 0 bridgehead atoms. The molecule has 0 radical (unpaired) electrons. The molecule has 0 aliphatic heterocycles. The van der Waals surface area contributed by atoms with Crippen LogP contribution in [0, 0.1) is 6.92 Å². The zero-order chi connectivity index (χ0) is 17.5. The first-order chi connectivity index (χ1) is 11.5. The number of carbonyl (C=O) groups excluding carboxylic acids is 1. The Kier molecular flexibility index (Phi) is 6.87. The van der Waals surface area contributed by atoms with E-state index in [0.29, 0.717) is 18.7 Å². The highest BCUT2D eigenvalue weighted by Gasteiger charge is 2.18. The maximum absolute atomic E-state index is 12.1. The van der Waals surface area contributed by atoms with Gasteiger partial charge in [-0.25, -0.2) is 4.98 Å². The number of aliphatic hydroxyl groups excluding tert-OH is 1. The first-order valence-electron chi connectivity index (χ1n) is 8.00. The van der Waals surface area contributed by atoms with Gasteiger partial charge in [0.25, 0.3) is 0 Å². The van der Waals surface area contributed by atoms with Gasteiger partial charge in [-0.2, -0.15) is 11.8 Å². The fraction of sp³-hybridized carbons (Fsp3) is 0.444. The summed E-state index contributed by atoms with van der Waals surface area (Å²) in [4.78, 5) is 16.5. The van der Waals surface area contributed by atoms with Crippen molar-refractivity contribution in [2.24, 2.45) is 0 Å². The smallest absolute Gasteiger partial charge is 0.220 e. The van der Waals surface area contributed by atoms with Crippen molar-refractivity contribution in [3.05, 3.63) is 41.9 Å². The summed E-state index contributed by atoms with van der Waals surface area (Å²) in [5.74, 6) is 1.26. The summed E-state index contributed by atoms with van der Waals surface area (Å²) in [7, 11) is 0. The molecule has 2 rings (SSSR count). The van der Waals surface area contributed by atoms with Crippen molar-refractivity contribution in [1.29, 1.82) is 0 Å². The van der Waals surface area contributed by atoms with Crippen LogP contribution in [0.5, 0.6) is 0 Å². The number of nitrogens with zero attached hydrogens (tertiary/aromatic N) is 1. The second-order valence-corrected chi connectivity index (χ2v) is 6.78. The number of hydrogen-bond donors (Lipinski definition) is 2. The Balaban J connectivity index is 1.92. The molecular formula is C18H24N2O3S. The van der Waals surface area contributed by atoms with Crippen molar-refractivity contribution in [1.82, 2.24) is 10.3 Å². The molecule has 0 spiro atoms. The van der Waals surface area contributed by atoms with E-state index in [-0.39, 0.29) is 23.8 Å². The first kappa shape index (κ1) is 18.5. The van der Waals surface area contributed by atoms with Crippen LogP contribution in [0.25, 0.3) is 11.3 Å². The van der Waals surface area contributed by atoms with Crippen LogP contribution in [-0.4, -0.2) is 40.2 Å². The highest BCUT2D eigenvalue weighted by Crippen LogP contribution is 2.24. The summed E-state index contributed by atoms with van der Waals surface area (Å²) in [5.41, 5.74) is 1.81. The Morgan fingerprint density at radius 2 is 2.08 bits per heavy atom. The third-order valence-corrected chi connectivity index (χ3v) is 5.03. The average molecular weight is 348 g/mol. The van der Waals surface area contributed by atoms with Gasteiger partial charge in [0, 0.05) is 29.7 Å². The van der Waals surface area contributed by atoms with Gasteiger partial charge in [0.05, 0.1) is 12.3 Å². The molecule has 6 heteroatoms. The largest absolute Gasteiger partial charge is 0.440 e. The average Bonchev–Trinajstić information content (AvgIpc) is 2.96. The summed E-state index contributed by atoms with van der Waals surface area (Å²) < 4.78 is 5.81. The lowest BCUT2D eigenvalue weighted by Crippen LogP contribution is -2.41. The number of benzene rings is 1. The van der Waals surface area contributed by atoms with Crippen LogP contribution in [0.3, 0.4) is 0 Å². The van der Waals surface area contributed by atoms with Crippen LogP contribution in [0.2, 0.25) is 0 Å². The maximum Gasteiger partial charge on any atom is 0.220 e. The second kappa shape index (κ2) is 8.89. The number of aryl methyl sites for hydroxylation is 2. The lowest BCUT2D eigenvalue weighted by molar-refractivity contribution is -0.121. The van der Waals surface area contributed by atoms with E-state index in [1.165, 1.54) is 0 Å². The summed E-state index contributed by atoms with van der Waals surface area (Å²) >= 11 is 1.54. The molecule has 0 aliphatic rings. The zero-order valence-electron chi connectivity index (χ0n) is 14.3. The van der Waals surface area contributed by atoms with Gasteiger partial charge in [-0.3, -0.25) is 4.79 Å². The van der Waals surface area contributed by atoms with E-state index in [2.05, 4.69) is 10.3 Å². The minimum atomic E-state index is -0.0799. The normalized spacial score (nSPS) is 13.5. The molecular weight excluding hydrogens is 324 g/mol. The third-order valence-electron chi connectivity index (χ3n) is 3.87. The van der Waals surface area contributed by atoms with Crippen molar-refractivity contribution in [2.45, 2.75) is 38.0 Å². The molecule has 130 valence electrons. The molecule has 1 aromatic carbocycles. The Morgan fingerprint density at radius 1 is 1.38 bits per heavy atom. The van der Waals surface area contributed by atoms with Gasteiger partial charge < -0.3 is 14.8 Å². The van der Waals surface area contributed by atoms with Gasteiger partial charge in [-0.1, -0.05) is 30.3 Å². The highest BCUT2D eigenvalue weighted by molar-refractivity contribution is 7.99. The van der Waals surface area contributed by atoms with E-state index in [1.54, 1.807) is 11.8 Å². The van der Waals surface area contributed by atoms with E-state index in [1.807, 2.05) is 50.4 Å². The maximum atomic E-state index is 12.1. The van der Waals surface area contributed by atoms with Gasteiger partial charge in [0.15, 0.2) is 11.7 Å². The number of hydrogen-bond acceptors (Lipinski definition) is 5. The Morgan fingerprint density at radius 3 is 2.71 bits per heavy atom. The number of nitrogens with one attached hydrogen (secondary N) is 1. The predicted octanol–water partition coefficient (Wildman–Crippen LogP) is 2.81. The van der Waals surface area contributed by atoms with E-state index in [4.69, 9.17) is 4.42 Å². The minimum absolute atomic E-state index is 0.00242. The molecule has 2 unspecified atom stereocenters. The van der Waals surface area contributed by atoms with Gasteiger partial charge in [0.2, 0.25) is 5.91 Å². The summed E-state index contributed by atoms with van der Waals surface area (Å²) in [6.07, 6.45) is 2.69. The highest BCUT2D eigenvalue weighted by atomic mass is 32.2. The molecule has 1 heterocycles. The van der Waals surface area contributed by atoms with Crippen molar-refractivity contribution >= 4 is 17.7 Å². The first-order valence-corrected chi connectivity index (χ1v) is 9.28. The van der Waals surface area contributed by atoms with Crippen LogP contribution in [-0.2, 0) is 11.2 Å². The van der Waals surface area contributed by atoms with Crippen molar-refractivity contribution in [2.75, 3.05) is 12.9 Å². The number of carbonyl (C=O) groups is 1. The molecule has 24 heavy (non-hydrogen) atoms. The van der Waals surface area contributed by atoms with Crippen LogP contribution < -0.4 is 5.32 Å². The summed E-state index contributed by atoms with van der Waals surface area (Å²) in [5, 5.41) is 12.2. The Labute approximate surface area is 146 Å². The number of oxazole rings is 1. The standard InChI is InChI=1S/C18H24N2O3S/c1-12(15(11-21)24-3)19-16(22)9-10-17-20-13(2)18(23-17)14-7-5-4-6-8-14/h4-8,12,15,21H,9-11H2,1-3H3,(H,19,22). The van der Waals surface area contributed by atoms with E-state index < -0.39 is 0 Å². The number of thioether (sulfide) groups is 1. The molecule has 2 atom stereocenters. The Bertz CT molecular complexity index is 654. The molecule has 0 aliphatic carbocycles. The fourth-order valence-electron chi connectivity index (χ4n) is 2.49. The van der Waals surface area contributed by atoms with E-state index in [9.17, 15) is 9.90 Å². The van der Waals surface area contributed by atoms with Gasteiger partial charge in [-0.15, -0.1) is 0 Å². The lowest BCUT2D eigenvalue weighted by Gasteiger charge is -2.21. The Hall–Kier alpha value is -1.79. The molecule has 0 fully saturated rings. The molecule has 1 amide bonds. The van der Waals surface area contributed by atoms with Crippen LogP contribution in [0.1, 0.15) is 24.9 Å². The van der Waals surface area contributed by atoms with Crippen LogP contribution in [0.15, 0.2) is 34.7 Å². The monoisotopic (exact) mass is 348 g/mol. The number of amides is 1. The van der Waals surface area contributed by atoms with Crippen LogP contribution >= 0.6 is 11.8 Å². The molecule has 5 nitrogen and oxygen atoms in total. The fourth-order valence-corrected chi connectivity index (χ4v) is 3.12. The van der Waals surface area contributed by atoms with Gasteiger partial charge in [0.1, 0.15) is 0 Å². The lowest BCUT2D eigenvalue weighted by atomic mass is 10.1. The summed E-state index contributed by atoms with van der Waals surface area (Å²) in [6, 6.07) is 9.73. The molecule has 1 aromatic heterocycles.